The van der Waals surface area contributed by atoms with E-state index in [1.54, 1.807) is 6.92 Å². The van der Waals surface area contributed by atoms with Crippen molar-refractivity contribution in [3.8, 4) is 0 Å². The summed E-state index contributed by atoms with van der Waals surface area (Å²) in [5.74, 6) is 0.827. The molecule has 1 aliphatic rings. The molecule has 0 aliphatic heterocycles. The Labute approximate surface area is 78.4 Å². The van der Waals surface area contributed by atoms with Crippen LogP contribution in [-0.2, 0) is 0 Å². The molecule has 0 aromatic carbocycles. The summed E-state index contributed by atoms with van der Waals surface area (Å²) in [4.78, 5) is 14.3. The average Bonchev–Trinajstić information content (AvgIpc) is 2.75. The van der Waals surface area contributed by atoms with Crippen LogP contribution in [0.3, 0.4) is 0 Å². The van der Waals surface area contributed by atoms with Crippen molar-refractivity contribution in [2.24, 2.45) is 0 Å². The average molecular weight is 177 g/mol. The van der Waals surface area contributed by atoms with E-state index in [0.717, 1.165) is 5.56 Å². The molecule has 0 amide bonds. The monoisotopic (exact) mass is 177 g/mol. The van der Waals surface area contributed by atoms with E-state index in [0.29, 0.717) is 5.92 Å². The SMILES string of the molecule is CC(=O)c1c[nH]c(C2CCCC2)c1. The van der Waals surface area contributed by atoms with Gasteiger partial charge in [0.25, 0.3) is 0 Å². The second-order valence-electron chi connectivity index (χ2n) is 3.88. The lowest BCUT2D eigenvalue weighted by Crippen LogP contribution is -1.91. The molecule has 2 rings (SSSR count). The number of hydrogen-bond donors (Lipinski definition) is 1. The van der Waals surface area contributed by atoms with Crippen LogP contribution in [0.2, 0.25) is 0 Å². The Morgan fingerprint density at radius 2 is 2.15 bits per heavy atom. The summed E-state index contributed by atoms with van der Waals surface area (Å²) in [6, 6.07) is 2.01. The molecule has 1 aliphatic carbocycles. The molecule has 0 unspecified atom stereocenters. The van der Waals surface area contributed by atoms with Crippen molar-refractivity contribution in [3.05, 3.63) is 23.5 Å². The lowest BCUT2D eigenvalue weighted by atomic mass is 10.0. The molecule has 0 atom stereocenters. The third kappa shape index (κ3) is 1.67. The number of carbonyl (C=O) groups excluding carboxylic acids is 1. The van der Waals surface area contributed by atoms with Crippen LogP contribution in [0.5, 0.6) is 0 Å². The Morgan fingerprint density at radius 3 is 2.69 bits per heavy atom. The van der Waals surface area contributed by atoms with E-state index in [9.17, 15) is 4.79 Å². The molecule has 2 nitrogen and oxygen atoms in total. The summed E-state index contributed by atoms with van der Waals surface area (Å²) in [5, 5.41) is 0. The van der Waals surface area contributed by atoms with Crippen molar-refractivity contribution in [3.63, 3.8) is 0 Å². The van der Waals surface area contributed by atoms with E-state index in [-0.39, 0.29) is 5.78 Å². The second-order valence-corrected chi connectivity index (χ2v) is 3.88. The third-order valence-corrected chi connectivity index (χ3v) is 2.91. The summed E-state index contributed by atoms with van der Waals surface area (Å²) < 4.78 is 0. The van der Waals surface area contributed by atoms with Crippen LogP contribution in [0.15, 0.2) is 12.3 Å². The molecule has 0 saturated heterocycles. The van der Waals surface area contributed by atoms with Gasteiger partial charge in [0.05, 0.1) is 0 Å². The summed E-state index contributed by atoms with van der Waals surface area (Å²) in [7, 11) is 0. The number of hydrogen-bond acceptors (Lipinski definition) is 1. The van der Waals surface area contributed by atoms with Gasteiger partial charge in [-0.1, -0.05) is 12.8 Å². The zero-order valence-corrected chi connectivity index (χ0v) is 7.97. The van der Waals surface area contributed by atoms with E-state index in [2.05, 4.69) is 4.98 Å². The van der Waals surface area contributed by atoms with Gasteiger partial charge in [0.2, 0.25) is 0 Å². The lowest BCUT2D eigenvalue weighted by Gasteiger charge is -2.04. The van der Waals surface area contributed by atoms with Gasteiger partial charge in [-0.2, -0.15) is 0 Å². The maximum absolute atomic E-state index is 11.1. The maximum atomic E-state index is 11.1. The fourth-order valence-electron chi connectivity index (χ4n) is 2.09. The number of carbonyl (C=O) groups is 1. The van der Waals surface area contributed by atoms with Crippen LogP contribution >= 0.6 is 0 Å². The molecule has 1 fully saturated rings. The zero-order chi connectivity index (χ0) is 9.26. The van der Waals surface area contributed by atoms with Crippen molar-refractivity contribution in [1.82, 2.24) is 4.98 Å². The standard InChI is InChI=1S/C11H15NO/c1-8(13)10-6-11(12-7-10)9-4-2-3-5-9/h6-7,9,12H,2-5H2,1H3. The minimum Gasteiger partial charge on any atom is -0.364 e. The van der Waals surface area contributed by atoms with Crippen molar-refractivity contribution >= 4 is 5.78 Å². The first-order valence-electron chi connectivity index (χ1n) is 4.96. The van der Waals surface area contributed by atoms with Gasteiger partial charge >= 0.3 is 0 Å². The fourth-order valence-corrected chi connectivity index (χ4v) is 2.09. The number of ketones is 1. The Bertz CT molecular complexity index is 308. The molecule has 1 aromatic rings. The highest BCUT2D eigenvalue weighted by molar-refractivity contribution is 5.94. The van der Waals surface area contributed by atoms with Gasteiger partial charge in [-0.3, -0.25) is 4.79 Å². The van der Waals surface area contributed by atoms with Gasteiger partial charge in [0.1, 0.15) is 0 Å². The largest absolute Gasteiger partial charge is 0.364 e. The molecule has 0 bridgehead atoms. The van der Waals surface area contributed by atoms with Crippen LogP contribution < -0.4 is 0 Å². The summed E-state index contributed by atoms with van der Waals surface area (Å²) in [6.45, 7) is 1.61. The normalized spacial score (nSPS) is 17.9. The van der Waals surface area contributed by atoms with Crippen molar-refractivity contribution in [2.45, 2.75) is 38.5 Å². The van der Waals surface area contributed by atoms with E-state index < -0.39 is 0 Å². The van der Waals surface area contributed by atoms with E-state index in [4.69, 9.17) is 0 Å². The minimum atomic E-state index is 0.153. The molecule has 1 heterocycles. The highest BCUT2D eigenvalue weighted by Crippen LogP contribution is 2.33. The molecule has 70 valence electrons. The van der Waals surface area contributed by atoms with Gasteiger partial charge in [-0.25, -0.2) is 0 Å². The third-order valence-electron chi connectivity index (χ3n) is 2.91. The molecule has 0 spiro atoms. The van der Waals surface area contributed by atoms with Crippen LogP contribution in [0.1, 0.15) is 54.6 Å². The van der Waals surface area contributed by atoms with Gasteiger partial charge in [0.15, 0.2) is 5.78 Å². The summed E-state index contributed by atoms with van der Waals surface area (Å²) in [6.07, 6.45) is 7.05. The summed E-state index contributed by atoms with van der Waals surface area (Å²) >= 11 is 0. The first-order chi connectivity index (χ1) is 6.27. The van der Waals surface area contributed by atoms with Gasteiger partial charge in [0, 0.05) is 17.5 Å². The molecular weight excluding hydrogens is 162 g/mol. The quantitative estimate of drug-likeness (QED) is 0.692. The Balaban J connectivity index is 2.16. The molecular formula is C11H15NO. The van der Waals surface area contributed by atoms with E-state index in [1.165, 1.54) is 31.4 Å². The van der Waals surface area contributed by atoms with Crippen molar-refractivity contribution in [2.75, 3.05) is 0 Å². The van der Waals surface area contributed by atoms with Crippen LogP contribution in [0.25, 0.3) is 0 Å². The van der Waals surface area contributed by atoms with E-state index >= 15 is 0 Å². The number of rotatable bonds is 2. The Hall–Kier alpha value is -1.05. The molecule has 1 aromatic heterocycles. The number of nitrogens with one attached hydrogen (secondary N) is 1. The molecule has 1 N–H and O–H groups in total. The smallest absolute Gasteiger partial charge is 0.161 e. The highest BCUT2D eigenvalue weighted by Gasteiger charge is 2.18. The number of H-pyrrole nitrogens is 1. The van der Waals surface area contributed by atoms with Gasteiger partial charge in [-0.15, -0.1) is 0 Å². The number of aromatic nitrogens is 1. The van der Waals surface area contributed by atoms with Crippen LogP contribution in [0.4, 0.5) is 0 Å². The van der Waals surface area contributed by atoms with Crippen LogP contribution in [-0.4, -0.2) is 10.8 Å². The molecule has 2 heteroatoms. The first-order valence-corrected chi connectivity index (χ1v) is 4.96. The topological polar surface area (TPSA) is 32.9 Å². The highest BCUT2D eigenvalue weighted by atomic mass is 16.1. The first kappa shape index (κ1) is 8.54. The minimum absolute atomic E-state index is 0.153. The van der Waals surface area contributed by atoms with Crippen molar-refractivity contribution in [1.29, 1.82) is 0 Å². The number of Topliss-reactive ketones (excluding diaryl/α,β-unsaturated/α-hetero) is 1. The van der Waals surface area contributed by atoms with Gasteiger partial charge < -0.3 is 4.98 Å². The second kappa shape index (κ2) is 3.36. The fraction of sp³-hybridized carbons (Fsp3) is 0.545. The van der Waals surface area contributed by atoms with E-state index in [1.807, 2.05) is 12.3 Å². The van der Waals surface area contributed by atoms with Crippen molar-refractivity contribution < 1.29 is 4.79 Å². The maximum Gasteiger partial charge on any atom is 0.161 e. The molecule has 13 heavy (non-hydrogen) atoms. The predicted octanol–water partition coefficient (Wildman–Crippen LogP) is 2.87. The molecule has 1 saturated carbocycles. The summed E-state index contributed by atoms with van der Waals surface area (Å²) in [5.41, 5.74) is 2.07. The Morgan fingerprint density at radius 1 is 1.46 bits per heavy atom. The Kier molecular flexibility index (Phi) is 2.21. The molecule has 0 radical (unpaired) electrons. The number of aromatic amines is 1. The zero-order valence-electron chi connectivity index (χ0n) is 7.97. The lowest BCUT2D eigenvalue weighted by molar-refractivity contribution is 0.101. The van der Waals surface area contributed by atoms with Crippen LogP contribution in [0, 0.1) is 0 Å². The van der Waals surface area contributed by atoms with Gasteiger partial charge in [-0.05, 0) is 31.7 Å². The predicted molar refractivity (Wildman–Crippen MR) is 52.0 cm³/mol.